The Morgan fingerprint density at radius 2 is 1.57 bits per heavy atom. The summed E-state index contributed by atoms with van der Waals surface area (Å²) in [5, 5.41) is 3.56. The van der Waals surface area contributed by atoms with Crippen molar-refractivity contribution in [2.24, 2.45) is 0 Å². The van der Waals surface area contributed by atoms with Gasteiger partial charge in [-0.2, -0.15) is 0 Å². The third-order valence-corrected chi connectivity index (χ3v) is 7.77. The number of piperidine rings is 1. The Balaban J connectivity index is 1.61. The van der Waals surface area contributed by atoms with E-state index in [1.54, 1.807) is 0 Å². The first-order valence-corrected chi connectivity index (χ1v) is 10.4. The highest BCUT2D eigenvalue weighted by Crippen LogP contribution is 2.35. The Morgan fingerprint density at radius 3 is 2.29 bits per heavy atom. The summed E-state index contributed by atoms with van der Waals surface area (Å²) in [6.07, 6.45) is 13.3. The molecule has 1 aliphatic heterocycles. The van der Waals surface area contributed by atoms with E-state index >= 15 is 0 Å². The van der Waals surface area contributed by atoms with E-state index in [0.29, 0.717) is 0 Å². The first-order valence-electron chi connectivity index (χ1n) is 8.86. The molecule has 4 nitrogen and oxygen atoms in total. The molecule has 0 aromatic carbocycles. The van der Waals surface area contributed by atoms with E-state index in [0.717, 1.165) is 45.1 Å². The molecule has 5 heteroatoms. The number of hydrogen-bond donors (Lipinski definition) is 2. The van der Waals surface area contributed by atoms with Crippen LogP contribution in [0.15, 0.2) is 0 Å². The third kappa shape index (κ3) is 3.80. The summed E-state index contributed by atoms with van der Waals surface area (Å²) < 4.78 is 28.3. The number of hydrogen-bond acceptors (Lipinski definition) is 3. The van der Waals surface area contributed by atoms with Crippen LogP contribution in [-0.2, 0) is 10.0 Å². The van der Waals surface area contributed by atoms with Gasteiger partial charge >= 0.3 is 0 Å². The van der Waals surface area contributed by atoms with E-state index in [4.69, 9.17) is 0 Å². The van der Waals surface area contributed by atoms with Gasteiger partial charge in [0.25, 0.3) is 0 Å². The van der Waals surface area contributed by atoms with Crippen molar-refractivity contribution in [2.45, 2.75) is 93.9 Å². The Hall–Kier alpha value is -0.130. The Morgan fingerprint density at radius 1 is 0.905 bits per heavy atom. The lowest BCUT2D eigenvalue weighted by Gasteiger charge is -2.45. The summed E-state index contributed by atoms with van der Waals surface area (Å²) in [5.74, 6) is 0. The highest BCUT2D eigenvalue weighted by molar-refractivity contribution is 7.90. The second-order valence-electron chi connectivity index (χ2n) is 7.38. The van der Waals surface area contributed by atoms with Gasteiger partial charge in [0, 0.05) is 11.6 Å². The van der Waals surface area contributed by atoms with Crippen molar-refractivity contribution in [3.8, 4) is 0 Å². The van der Waals surface area contributed by atoms with Crippen LogP contribution < -0.4 is 10.0 Å². The van der Waals surface area contributed by atoms with Gasteiger partial charge in [0.1, 0.15) is 0 Å². The molecule has 1 unspecified atom stereocenters. The van der Waals surface area contributed by atoms with Gasteiger partial charge in [-0.15, -0.1) is 0 Å². The minimum absolute atomic E-state index is 0.136. The zero-order chi connectivity index (χ0) is 14.8. The lowest BCUT2D eigenvalue weighted by Crippen LogP contribution is -2.57. The molecule has 0 aromatic rings. The van der Waals surface area contributed by atoms with Gasteiger partial charge in [-0.3, -0.25) is 0 Å². The summed E-state index contributed by atoms with van der Waals surface area (Å²) in [5.41, 5.74) is 0.219. The van der Waals surface area contributed by atoms with Crippen LogP contribution in [-0.4, -0.2) is 31.8 Å². The Bertz CT molecular complexity index is 432. The van der Waals surface area contributed by atoms with Crippen LogP contribution in [0.2, 0.25) is 0 Å². The van der Waals surface area contributed by atoms with Gasteiger partial charge < -0.3 is 5.32 Å². The topological polar surface area (TPSA) is 58.2 Å². The second-order valence-corrected chi connectivity index (χ2v) is 9.37. The maximum absolute atomic E-state index is 12.6. The van der Waals surface area contributed by atoms with Crippen molar-refractivity contribution in [1.82, 2.24) is 10.0 Å². The molecule has 2 aliphatic carbocycles. The van der Waals surface area contributed by atoms with E-state index in [2.05, 4.69) is 10.0 Å². The summed E-state index contributed by atoms with van der Waals surface area (Å²) in [6, 6.07) is 0.149. The lowest BCUT2D eigenvalue weighted by molar-refractivity contribution is 0.165. The van der Waals surface area contributed by atoms with E-state index in [-0.39, 0.29) is 16.8 Å². The lowest BCUT2D eigenvalue weighted by atomic mass is 9.75. The van der Waals surface area contributed by atoms with Gasteiger partial charge in [-0.05, 0) is 45.1 Å². The number of rotatable bonds is 3. The van der Waals surface area contributed by atoms with E-state index < -0.39 is 10.0 Å². The van der Waals surface area contributed by atoms with Crippen molar-refractivity contribution in [1.29, 1.82) is 0 Å². The molecule has 0 bridgehead atoms. The zero-order valence-corrected chi connectivity index (χ0v) is 13.9. The molecular weight excluding hydrogens is 284 g/mol. The molecule has 1 spiro atoms. The molecule has 122 valence electrons. The predicted octanol–water partition coefficient (Wildman–Crippen LogP) is 2.69. The highest BCUT2D eigenvalue weighted by atomic mass is 32.2. The third-order valence-electron chi connectivity index (χ3n) is 5.76. The summed E-state index contributed by atoms with van der Waals surface area (Å²) in [7, 11) is -3.12. The SMILES string of the molecule is O=S(=O)(NC1CCNC2(CCCCC2)C1)C1CCCCC1. The quantitative estimate of drug-likeness (QED) is 0.842. The van der Waals surface area contributed by atoms with E-state index in [1.165, 1.54) is 38.5 Å². The van der Waals surface area contributed by atoms with Gasteiger partial charge in [-0.25, -0.2) is 13.1 Å². The van der Waals surface area contributed by atoms with Crippen molar-refractivity contribution in [3.05, 3.63) is 0 Å². The molecule has 3 aliphatic rings. The van der Waals surface area contributed by atoms with Crippen LogP contribution in [0.1, 0.15) is 77.0 Å². The minimum atomic E-state index is -3.12. The highest BCUT2D eigenvalue weighted by Gasteiger charge is 2.39. The molecular formula is C16H30N2O2S. The predicted molar refractivity (Wildman–Crippen MR) is 85.8 cm³/mol. The normalized spacial score (nSPS) is 31.3. The largest absolute Gasteiger partial charge is 0.311 e. The fourth-order valence-corrected chi connectivity index (χ4v) is 6.38. The first-order chi connectivity index (χ1) is 10.1. The summed E-state index contributed by atoms with van der Waals surface area (Å²) in [4.78, 5) is 0. The maximum atomic E-state index is 12.6. The molecule has 1 saturated heterocycles. The standard InChI is InChI=1S/C16H30N2O2S/c19-21(20,15-7-3-1-4-8-15)18-14-9-12-17-16(13-14)10-5-2-6-11-16/h14-15,17-18H,1-13H2. The van der Waals surface area contributed by atoms with Crippen LogP contribution in [0, 0.1) is 0 Å². The van der Waals surface area contributed by atoms with Crippen LogP contribution in [0.25, 0.3) is 0 Å². The number of nitrogens with one attached hydrogen (secondary N) is 2. The minimum Gasteiger partial charge on any atom is -0.311 e. The second kappa shape index (κ2) is 6.55. The Labute approximate surface area is 129 Å². The van der Waals surface area contributed by atoms with Crippen LogP contribution in [0.4, 0.5) is 0 Å². The van der Waals surface area contributed by atoms with Gasteiger partial charge in [-0.1, -0.05) is 38.5 Å². The summed E-state index contributed by atoms with van der Waals surface area (Å²) in [6.45, 7) is 0.956. The molecule has 1 heterocycles. The van der Waals surface area contributed by atoms with Crippen LogP contribution in [0.3, 0.4) is 0 Å². The van der Waals surface area contributed by atoms with Gasteiger partial charge in [0.05, 0.1) is 5.25 Å². The monoisotopic (exact) mass is 314 g/mol. The average molecular weight is 314 g/mol. The molecule has 1 atom stereocenters. The molecule has 0 aromatic heterocycles. The van der Waals surface area contributed by atoms with Gasteiger partial charge in [0.2, 0.25) is 10.0 Å². The van der Waals surface area contributed by atoms with Gasteiger partial charge in [0.15, 0.2) is 0 Å². The molecule has 3 rings (SSSR count). The van der Waals surface area contributed by atoms with Crippen LogP contribution >= 0.6 is 0 Å². The summed E-state index contributed by atoms with van der Waals surface area (Å²) >= 11 is 0. The first kappa shape index (κ1) is 15.8. The molecule has 0 amide bonds. The fourth-order valence-electron chi connectivity index (χ4n) is 4.57. The van der Waals surface area contributed by atoms with Crippen LogP contribution in [0.5, 0.6) is 0 Å². The van der Waals surface area contributed by atoms with E-state index in [1.807, 2.05) is 0 Å². The average Bonchev–Trinajstić information content (AvgIpc) is 2.48. The van der Waals surface area contributed by atoms with E-state index in [9.17, 15) is 8.42 Å². The molecule has 2 N–H and O–H groups in total. The number of sulfonamides is 1. The van der Waals surface area contributed by atoms with Crippen molar-refractivity contribution in [2.75, 3.05) is 6.54 Å². The fraction of sp³-hybridized carbons (Fsp3) is 1.00. The van der Waals surface area contributed by atoms with Crippen molar-refractivity contribution >= 4 is 10.0 Å². The smallest absolute Gasteiger partial charge is 0.214 e. The molecule has 3 fully saturated rings. The maximum Gasteiger partial charge on any atom is 0.214 e. The molecule has 21 heavy (non-hydrogen) atoms. The van der Waals surface area contributed by atoms with Crippen molar-refractivity contribution < 1.29 is 8.42 Å². The Kier molecular flexibility index (Phi) is 4.91. The molecule has 2 saturated carbocycles. The molecule has 0 radical (unpaired) electrons. The zero-order valence-electron chi connectivity index (χ0n) is 13.1. The van der Waals surface area contributed by atoms with Crippen molar-refractivity contribution in [3.63, 3.8) is 0 Å².